The van der Waals surface area contributed by atoms with Gasteiger partial charge in [0.2, 0.25) is 5.95 Å². The normalized spacial score (nSPS) is 31.4. The van der Waals surface area contributed by atoms with Gasteiger partial charge in [0.1, 0.15) is 5.01 Å². The number of nitrogens with zero attached hydrogens (tertiary/aromatic N) is 3. The topological polar surface area (TPSA) is 93.7 Å². The van der Waals surface area contributed by atoms with Gasteiger partial charge in [0.15, 0.2) is 12.0 Å². The van der Waals surface area contributed by atoms with Crippen LogP contribution in [0.3, 0.4) is 0 Å². The third-order valence-electron chi connectivity index (χ3n) is 3.27. The van der Waals surface area contributed by atoms with Gasteiger partial charge < -0.3 is 25.2 Å². The van der Waals surface area contributed by atoms with Crippen LogP contribution in [-0.4, -0.2) is 54.3 Å². The van der Waals surface area contributed by atoms with Crippen molar-refractivity contribution in [1.29, 1.82) is 0 Å². The second-order valence-corrected chi connectivity index (χ2v) is 5.64. The van der Waals surface area contributed by atoms with Gasteiger partial charge in [-0.3, -0.25) is 0 Å². The van der Waals surface area contributed by atoms with Gasteiger partial charge in [-0.25, -0.2) is 4.98 Å². The smallest absolute Gasteiger partial charge is 0.236 e. The second-order valence-electron chi connectivity index (χ2n) is 4.85. The van der Waals surface area contributed by atoms with Crippen molar-refractivity contribution in [3.05, 3.63) is 5.01 Å². The third kappa shape index (κ3) is 2.87. The van der Waals surface area contributed by atoms with Gasteiger partial charge in [0.05, 0.1) is 12.5 Å². The van der Waals surface area contributed by atoms with Gasteiger partial charge in [-0.1, -0.05) is 0 Å². The van der Waals surface area contributed by atoms with Gasteiger partial charge >= 0.3 is 0 Å². The molecule has 1 saturated heterocycles. The minimum absolute atomic E-state index is 0.171. The molecule has 3 N–H and O–H groups in total. The van der Waals surface area contributed by atoms with Crippen LogP contribution in [0, 0.1) is 0 Å². The lowest BCUT2D eigenvalue weighted by atomic mass is 9.89. The number of aliphatic hydroxyl groups is 1. The number of ether oxygens (including phenoxy) is 2. The first kappa shape index (κ1) is 14.6. The van der Waals surface area contributed by atoms with E-state index in [4.69, 9.17) is 15.2 Å². The highest BCUT2D eigenvalue weighted by Gasteiger charge is 2.44. The minimum atomic E-state index is -1.16. The molecule has 7 nitrogen and oxygen atoms in total. The number of aliphatic hydroxyl groups excluding tert-OH is 1. The molecule has 1 aromatic rings. The molecule has 0 amide bonds. The molecular formula is C11H20N4O3S. The van der Waals surface area contributed by atoms with E-state index >= 15 is 0 Å². The van der Waals surface area contributed by atoms with Crippen molar-refractivity contribution in [3.8, 4) is 0 Å². The molecule has 1 aromatic heterocycles. The molecule has 108 valence electrons. The lowest BCUT2D eigenvalue weighted by Crippen LogP contribution is -2.56. The molecule has 0 aromatic carbocycles. The molecule has 0 spiro atoms. The van der Waals surface area contributed by atoms with Gasteiger partial charge in [-0.2, -0.15) is 4.37 Å². The van der Waals surface area contributed by atoms with Crippen LogP contribution in [0.2, 0.25) is 0 Å². The Balaban J connectivity index is 2.21. The van der Waals surface area contributed by atoms with Gasteiger partial charge in [0.25, 0.3) is 0 Å². The predicted molar refractivity (Wildman–Crippen MR) is 72.1 cm³/mol. The first-order chi connectivity index (χ1) is 9.00. The number of rotatable bonds is 4. The fourth-order valence-corrected chi connectivity index (χ4v) is 3.08. The van der Waals surface area contributed by atoms with Crippen molar-refractivity contribution < 1.29 is 14.6 Å². The predicted octanol–water partition coefficient (Wildman–Crippen LogP) is 0.118. The zero-order valence-electron chi connectivity index (χ0n) is 11.4. The maximum Gasteiger partial charge on any atom is 0.236 e. The first-order valence-corrected chi connectivity index (χ1v) is 6.89. The Bertz CT molecular complexity index is 428. The van der Waals surface area contributed by atoms with Gasteiger partial charge in [-0.15, -0.1) is 0 Å². The average molecular weight is 288 g/mol. The summed E-state index contributed by atoms with van der Waals surface area (Å²) in [6, 6.07) is 0. The number of nitrogens with two attached hydrogens (primary N) is 1. The highest BCUT2D eigenvalue weighted by atomic mass is 32.1. The molecule has 0 aliphatic carbocycles. The number of aromatic nitrogens is 2. The van der Waals surface area contributed by atoms with Crippen LogP contribution < -0.4 is 10.6 Å². The highest BCUT2D eigenvalue weighted by molar-refractivity contribution is 7.05. The molecule has 0 bridgehead atoms. The minimum Gasteiger partial charge on any atom is -0.392 e. The van der Waals surface area contributed by atoms with Crippen molar-refractivity contribution in [2.75, 3.05) is 32.7 Å². The quantitative estimate of drug-likeness (QED) is 0.812. The van der Waals surface area contributed by atoms with E-state index in [1.54, 1.807) is 7.11 Å². The molecule has 1 aliphatic heterocycles. The van der Waals surface area contributed by atoms with E-state index in [1.165, 1.54) is 11.5 Å². The highest BCUT2D eigenvalue weighted by Crippen LogP contribution is 2.39. The largest absolute Gasteiger partial charge is 0.392 e. The molecule has 3 unspecified atom stereocenters. The lowest BCUT2D eigenvalue weighted by Gasteiger charge is -2.41. The van der Waals surface area contributed by atoms with Crippen LogP contribution >= 0.6 is 11.5 Å². The van der Waals surface area contributed by atoms with Crippen molar-refractivity contribution in [3.63, 3.8) is 0 Å². The summed E-state index contributed by atoms with van der Waals surface area (Å²) in [5, 5.41) is 10.3. The summed E-state index contributed by atoms with van der Waals surface area (Å²) < 4.78 is 15.1. The number of methoxy groups -OCH3 is 1. The van der Waals surface area contributed by atoms with E-state index in [-0.39, 0.29) is 18.8 Å². The second kappa shape index (κ2) is 5.68. The fourth-order valence-electron chi connectivity index (χ4n) is 2.13. The summed E-state index contributed by atoms with van der Waals surface area (Å²) in [7, 11) is 5.33. The molecule has 0 radical (unpaired) electrons. The first-order valence-electron chi connectivity index (χ1n) is 6.11. The molecule has 3 atom stereocenters. The van der Waals surface area contributed by atoms with E-state index in [9.17, 15) is 5.11 Å². The Morgan fingerprint density at radius 1 is 1.58 bits per heavy atom. The van der Waals surface area contributed by atoms with E-state index in [2.05, 4.69) is 9.36 Å². The number of anilines is 1. The summed E-state index contributed by atoms with van der Waals surface area (Å²) in [5.74, 6) is 0.476. The van der Waals surface area contributed by atoms with Crippen LogP contribution in [0.15, 0.2) is 0 Å². The van der Waals surface area contributed by atoms with Crippen LogP contribution in [0.25, 0.3) is 0 Å². The van der Waals surface area contributed by atoms with E-state index in [0.717, 1.165) is 17.8 Å². The van der Waals surface area contributed by atoms with Gasteiger partial charge in [0, 0.05) is 21.2 Å². The monoisotopic (exact) mass is 288 g/mol. The van der Waals surface area contributed by atoms with Crippen LogP contribution in [-0.2, 0) is 9.47 Å². The van der Waals surface area contributed by atoms with E-state index in [1.807, 2.05) is 19.0 Å². The van der Waals surface area contributed by atoms with E-state index in [0.29, 0.717) is 5.95 Å². The van der Waals surface area contributed by atoms with Crippen molar-refractivity contribution >= 4 is 17.5 Å². The Hall–Kier alpha value is -0.800. The summed E-state index contributed by atoms with van der Waals surface area (Å²) in [4.78, 5) is 6.28. The molecule has 2 rings (SSSR count). The zero-order chi connectivity index (χ0) is 14.0. The van der Waals surface area contributed by atoms with Crippen LogP contribution in [0.5, 0.6) is 0 Å². The maximum absolute atomic E-state index is 9.55. The Morgan fingerprint density at radius 2 is 2.32 bits per heavy atom. The molecular weight excluding hydrogens is 268 g/mol. The lowest BCUT2D eigenvalue weighted by molar-refractivity contribution is -0.243. The fraction of sp³-hybridized carbons (Fsp3) is 0.818. The Labute approximate surface area is 116 Å². The Morgan fingerprint density at radius 3 is 2.84 bits per heavy atom. The molecule has 2 heterocycles. The standard InChI is InChI=1S/C11H20N4O3S/c1-15(2)10-13-9(19-14-10)7-4-5-8(17-3)18-11(7,12)6-16/h7-8,16H,4-6,12H2,1-3H3. The summed E-state index contributed by atoms with van der Waals surface area (Å²) in [6.45, 7) is -0.283. The van der Waals surface area contributed by atoms with Crippen molar-refractivity contribution in [1.82, 2.24) is 9.36 Å². The maximum atomic E-state index is 9.55. The molecule has 1 fully saturated rings. The zero-order valence-corrected chi connectivity index (χ0v) is 12.2. The molecule has 0 saturated carbocycles. The summed E-state index contributed by atoms with van der Waals surface area (Å²) >= 11 is 1.30. The summed E-state index contributed by atoms with van der Waals surface area (Å²) in [5.41, 5.74) is 4.99. The SMILES string of the molecule is COC1CCC(c2nc(N(C)C)ns2)C(N)(CO)O1. The van der Waals surface area contributed by atoms with Crippen LogP contribution in [0.4, 0.5) is 5.95 Å². The van der Waals surface area contributed by atoms with Crippen LogP contribution in [0.1, 0.15) is 23.8 Å². The van der Waals surface area contributed by atoms with Crippen molar-refractivity contribution in [2.24, 2.45) is 5.73 Å². The molecule has 1 aliphatic rings. The van der Waals surface area contributed by atoms with Gasteiger partial charge in [-0.05, 0) is 24.4 Å². The van der Waals surface area contributed by atoms with Crippen molar-refractivity contribution in [2.45, 2.75) is 30.8 Å². The molecule has 8 heteroatoms. The molecule has 19 heavy (non-hydrogen) atoms. The number of hydrogen-bond donors (Lipinski definition) is 2. The Kier molecular flexibility index (Phi) is 4.36. The third-order valence-corrected chi connectivity index (χ3v) is 4.09. The average Bonchev–Trinajstić information content (AvgIpc) is 2.88. The number of hydrogen-bond acceptors (Lipinski definition) is 8. The van der Waals surface area contributed by atoms with E-state index < -0.39 is 5.72 Å². The summed E-state index contributed by atoms with van der Waals surface area (Å²) in [6.07, 6.45) is 1.09.